The molecule has 0 aromatic carbocycles. The third-order valence-corrected chi connectivity index (χ3v) is 8.67. The molecule has 1 aromatic rings. The highest BCUT2D eigenvalue weighted by molar-refractivity contribution is 5.57. The van der Waals surface area contributed by atoms with Crippen molar-refractivity contribution in [2.75, 3.05) is 0 Å². The number of aliphatic hydroxyl groups is 1. The highest BCUT2D eigenvalue weighted by atomic mass is 16.5. The summed E-state index contributed by atoms with van der Waals surface area (Å²) in [4.78, 5) is 0. The van der Waals surface area contributed by atoms with E-state index in [1.165, 1.54) is 12.0 Å². The van der Waals surface area contributed by atoms with Crippen LogP contribution >= 0.6 is 0 Å². The molecule has 3 fully saturated rings. The molecule has 3 nitrogen and oxygen atoms in total. The summed E-state index contributed by atoms with van der Waals surface area (Å²) in [6.45, 7) is 4.71. The maximum Gasteiger partial charge on any atom is 0.162 e. The van der Waals surface area contributed by atoms with E-state index in [-0.39, 0.29) is 10.8 Å². The Morgan fingerprint density at radius 1 is 1.24 bits per heavy atom. The van der Waals surface area contributed by atoms with Crippen LogP contribution in [0, 0.1) is 40.9 Å². The van der Waals surface area contributed by atoms with Crippen molar-refractivity contribution in [1.29, 1.82) is 0 Å². The first-order valence-electron chi connectivity index (χ1n) is 9.76. The van der Waals surface area contributed by atoms with E-state index in [0.29, 0.717) is 17.8 Å². The fourth-order valence-electron chi connectivity index (χ4n) is 7.14. The van der Waals surface area contributed by atoms with Gasteiger partial charge in [-0.3, -0.25) is 0 Å². The molecular weight excluding hydrogens is 310 g/mol. The zero-order valence-corrected chi connectivity index (χ0v) is 15.2. The molecule has 1 heterocycles. The lowest BCUT2D eigenvalue weighted by Gasteiger charge is -2.58. The minimum Gasteiger partial charge on any atom is -0.377 e. The fourth-order valence-corrected chi connectivity index (χ4v) is 7.14. The molecule has 4 aliphatic carbocycles. The van der Waals surface area contributed by atoms with Gasteiger partial charge in [-0.05, 0) is 74.2 Å². The largest absolute Gasteiger partial charge is 0.377 e. The Kier molecular flexibility index (Phi) is 3.01. The highest BCUT2D eigenvalue weighted by Gasteiger charge is 2.63. The van der Waals surface area contributed by atoms with E-state index in [4.69, 9.17) is 10.9 Å². The van der Waals surface area contributed by atoms with Gasteiger partial charge in [0.1, 0.15) is 5.60 Å². The van der Waals surface area contributed by atoms with Crippen LogP contribution in [0.1, 0.15) is 63.7 Å². The molecule has 3 heteroatoms. The van der Waals surface area contributed by atoms with Crippen molar-refractivity contribution in [2.45, 2.75) is 64.4 Å². The first kappa shape index (κ1) is 15.7. The van der Waals surface area contributed by atoms with E-state index in [9.17, 15) is 5.11 Å². The lowest BCUT2D eigenvalue weighted by molar-refractivity contribution is -0.0975. The Labute approximate surface area is 149 Å². The van der Waals surface area contributed by atoms with Gasteiger partial charge in [0.15, 0.2) is 5.76 Å². The number of hydrogen-bond donors (Lipinski definition) is 1. The molecule has 25 heavy (non-hydrogen) atoms. The summed E-state index contributed by atoms with van der Waals surface area (Å²) in [6.07, 6.45) is 17.4. The summed E-state index contributed by atoms with van der Waals surface area (Å²) in [6, 6.07) is 0. The van der Waals surface area contributed by atoms with E-state index < -0.39 is 5.60 Å². The number of nitrogens with zero attached hydrogens (tertiary/aromatic N) is 1. The number of fused-ring (bicyclic) bond motifs is 6. The average molecular weight is 337 g/mol. The maximum absolute atomic E-state index is 11.1. The number of terminal acetylenes is 1. The summed E-state index contributed by atoms with van der Waals surface area (Å²) in [5.41, 5.74) is 1.99. The molecule has 3 saturated carbocycles. The molecular formula is C22H27NO2. The molecule has 1 N–H and O–H groups in total. The molecule has 0 aliphatic heterocycles. The molecule has 0 radical (unpaired) electrons. The van der Waals surface area contributed by atoms with Crippen LogP contribution in [0.15, 0.2) is 16.3 Å². The molecule has 5 rings (SSSR count). The van der Waals surface area contributed by atoms with E-state index >= 15 is 0 Å². The highest BCUT2D eigenvalue weighted by Crippen LogP contribution is 2.67. The SMILES string of the molecule is C#C[C@@]1(O)CC[C@H]2[C@@H]3CCC4=Cc5oncc5C[C@]4(C)[C@@H]3CC[C@@]21C. The standard InChI is InChI=1S/C22H27NO2/c1-4-22(24)10-8-18-16-6-5-15-11-19-14(13-23-25-19)12-20(15,2)17(16)7-9-21(18,22)3/h1,11,13,16-18,24H,5-10,12H2,2-3H3/t16-,17-,18+,20+,21+,22-/m1/s1. The number of hydrogen-bond acceptors (Lipinski definition) is 3. The van der Waals surface area contributed by atoms with E-state index in [1.54, 1.807) is 5.57 Å². The third-order valence-electron chi connectivity index (χ3n) is 8.67. The van der Waals surface area contributed by atoms with Gasteiger partial charge in [-0.25, -0.2) is 0 Å². The van der Waals surface area contributed by atoms with Crippen LogP contribution in [0.4, 0.5) is 0 Å². The first-order valence-corrected chi connectivity index (χ1v) is 9.76. The Bertz CT molecular complexity index is 801. The Morgan fingerprint density at radius 3 is 2.84 bits per heavy atom. The van der Waals surface area contributed by atoms with Crippen LogP contribution in [-0.4, -0.2) is 15.9 Å². The summed E-state index contributed by atoms with van der Waals surface area (Å²) in [7, 11) is 0. The summed E-state index contributed by atoms with van der Waals surface area (Å²) in [5, 5.41) is 15.1. The molecule has 0 bridgehead atoms. The van der Waals surface area contributed by atoms with Crippen LogP contribution in [-0.2, 0) is 6.42 Å². The van der Waals surface area contributed by atoms with Crippen LogP contribution in [0.2, 0.25) is 0 Å². The van der Waals surface area contributed by atoms with Crippen molar-refractivity contribution >= 4 is 6.08 Å². The number of rotatable bonds is 0. The van der Waals surface area contributed by atoms with Crippen LogP contribution in [0.5, 0.6) is 0 Å². The van der Waals surface area contributed by atoms with E-state index in [2.05, 4.69) is 31.0 Å². The smallest absolute Gasteiger partial charge is 0.162 e. The van der Waals surface area contributed by atoms with Crippen molar-refractivity contribution in [3.63, 3.8) is 0 Å². The van der Waals surface area contributed by atoms with Gasteiger partial charge in [-0.2, -0.15) is 0 Å². The van der Waals surface area contributed by atoms with Crippen LogP contribution in [0.25, 0.3) is 6.08 Å². The molecule has 0 unspecified atom stereocenters. The molecule has 6 atom stereocenters. The monoisotopic (exact) mass is 337 g/mol. The zero-order valence-electron chi connectivity index (χ0n) is 15.2. The minimum absolute atomic E-state index is 0.114. The van der Waals surface area contributed by atoms with Gasteiger partial charge in [-0.1, -0.05) is 30.5 Å². The fraction of sp³-hybridized carbons (Fsp3) is 0.682. The number of aromatic nitrogens is 1. The van der Waals surface area contributed by atoms with Crippen molar-refractivity contribution < 1.29 is 9.63 Å². The van der Waals surface area contributed by atoms with Gasteiger partial charge in [0, 0.05) is 11.0 Å². The van der Waals surface area contributed by atoms with Gasteiger partial charge < -0.3 is 9.63 Å². The summed E-state index contributed by atoms with van der Waals surface area (Å²) >= 11 is 0. The molecule has 0 amide bonds. The number of allylic oxidation sites excluding steroid dienone is 1. The summed E-state index contributed by atoms with van der Waals surface area (Å²) < 4.78 is 5.43. The molecule has 0 spiro atoms. The normalized spacial score (nSPS) is 47.8. The van der Waals surface area contributed by atoms with Crippen molar-refractivity contribution in [3.05, 3.63) is 23.1 Å². The van der Waals surface area contributed by atoms with Crippen molar-refractivity contribution in [3.8, 4) is 12.3 Å². The zero-order chi connectivity index (χ0) is 17.4. The van der Waals surface area contributed by atoms with Gasteiger partial charge in [0.2, 0.25) is 0 Å². The minimum atomic E-state index is -0.909. The van der Waals surface area contributed by atoms with E-state index in [1.807, 2.05) is 6.20 Å². The van der Waals surface area contributed by atoms with Crippen LogP contribution in [0.3, 0.4) is 0 Å². The van der Waals surface area contributed by atoms with Gasteiger partial charge in [0.25, 0.3) is 0 Å². The maximum atomic E-state index is 11.1. The van der Waals surface area contributed by atoms with E-state index in [0.717, 1.165) is 44.3 Å². The quantitative estimate of drug-likeness (QED) is 0.721. The van der Waals surface area contributed by atoms with Crippen molar-refractivity contribution in [1.82, 2.24) is 5.16 Å². The third kappa shape index (κ3) is 1.79. The predicted octanol–water partition coefficient (Wildman–Crippen LogP) is 4.22. The average Bonchev–Trinajstić information content (AvgIpc) is 3.14. The molecule has 132 valence electrons. The Hall–Kier alpha value is -1.53. The van der Waals surface area contributed by atoms with Gasteiger partial charge in [-0.15, -0.1) is 6.42 Å². The predicted molar refractivity (Wildman–Crippen MR) is 96.4 cm³/mol. The van der Waals surface area contributed by atoms with Gasteiger partial charge in [0.05, 0.1) is 6.20 Å². The van der Waals surface area contributed by atoms with Gasteiger partial charge >= 0.3 is 0 Å². The lowest BCUT2D eigenvalue weighted by Crippen LogP contribution is -2.54. The second-order valence-electron chi connectivity index (χ2n) is 9.39. The molecule has 1 aromatic heterocycles. The molecule has 0 saturated heterocycles. The first-order chi connectivity index (χ1) is 11.9. The second-order valence-corrected chi connectivity index (χ2v) is 9.39. The topological polar surface area (TPSA) is 46.3 Å². The summed E-state index contributed by atoms with van der Waals surface area (Å²) in [5.74, 6) is 5.64. The Balaban J connectivity index is 1.53. The Morgan fingerprint density at radius 2 is 2.04 bits per heavy atom. The molecule has 4 aliphatic rings. The van der Waals surface area contributed by atoms with Crippen molar-refractivity contribution in [2.24, 2.45) is 28.6 Å². The second kappa shape index (κ2) is 4.80. The van der Waals surface area contributed by atoms with Crippen LogP contribution < -0.4 is 0 Å². The lowest BCUT2D eigenvalue weighted by atomic mass is 9.46.